The standard InChI is InChI=1S/C15H20FN3/c1-10(2)19-13-5-3-4-12(16)15(13)18-14(19)8-9-17-11-6-7-11/h3-5,10-11,17H,6-9H2,1-2H3. The van der Waals surface area contributed by atoms with Crippen LogP contribution in [0.2, 0.25) is 0 Å². The monoisotopic (exact) mass is 261 g/mol. The van der Waals surface area contributed by atoms with Gasteiger partial charge in [0, 0.05) is 25.0 Å². The molecule has 0 aliphatic heterocycles. The number of fused-ring (bicyclic) bond motifs is 1. The molecule has 1 heterocycles. The smallest absolute Gasteiger partial charge is 0.151 e. The van der Waals surface area contributed by atoms with Crippen molar-refractivity contribution < 1.29 is 4.39 Å². The summed E-state index contributed by atoms with van der Waals surface area (Å²) in [6.45, 7) is 5.15. The zero-order valence-corrected chi connectivity index (χ0v) is 11.5. The van der Waals surface area contributed by atoms with Crippen LogP contribution in [-0.4, -0.2) is 22.1 Å². The van der Waals surface area contributed by atoms with Crippen LogP contribution < -0.4 is 5.32 Å². The third-order valence-corrected chi connectivity index (χ3v) is 3.62. The fraction of sp³-hybridized carbons (Fsp3) is 0.533. The Hall–Kier alpha value is -1.42. The Morgan fingerprint density at radius 3 is 2.89 bits per heavy atom. The van der Waals surface area contributed by atoms with E-state index < -0.39 is 0 Å². The number of imidazole rings is 1. The van der Waals surface area contributed by atoms with Gasteiger partial charge in [-0.3, -0.25) is 0 Å². The van der Waals surface area contributed by atoms with Gasteiger partial charge in [-0.1, -0.05) is 6.07 Å². The van der Waals surface area contributed by atoms with Crippen LogP contribution in [0.1, 0.15) is 38.6 Å². The molecule has 1 aromatic heterocycles. The van der Waals surface area contributed by atoms with Gasteiger partial charge in [-0.15, -0.1) is 0 Å². The van der Waals surface area contributed by atoms with E-state index in [9.17, 15) is 4.39 Å². The molecule has 0 atom stereocenters. The Morgan fingerprint density at radius 1 is 1.42 bits per heavy atom. The highest BCUT2D eigenvalue weighted by Gasteiger charge is 2.21. The van der Waals surface area contributed by atoms with E-state index in [0.29, 0.717) is 17.6 Å². The number of rotatable bonds is 5. The molecule has 1 saturated carbocycles. The molecule has 102 valence electrons. The van der Waals surface area contributed by atoms with E-state index >= 15 is 0 Å². The van der Waals surface area contributed by atoms with Crippen molar-refractivity contribution in [1.29, 1.82) is 0 Å². The minimum absolute atomic E-state index is 0.228. The Balaban J connectivity index is 1.91. The van der Waals surface area contributed by atoms with Gasteiger partial charge in [0.2, 0.25) is 0 Å². The van der Waals surface area contributed by atoms with E-state index in [1.54, 1.807) is 6.07 Å². The van der Waals surface area contributed by atoms with Gasteiger partial charge in [0.1, 0.15) is 11.3 Å². The fourth-order valence-electron chi connectivity index (χ4n) is 2.56. The van der Waals surface area contributed by atoms with Gasteiger partial charge in [0.15, 0.2) is 5.82 Å². The van der Waals surface area contributed by atoms with Crippen LogP contribution in [0.5, 0.6) is 0 Å². The molecule has 0 unspecified atom stereocenters. The average Bonchev–Trinajstić information content (AvgIpc) is 3.09. The number of hydrogen-bond donors (Lipinski definition) is 1. The lowest BCUT2D eigenvalue weighted by atomic mass is 10.2. The van der Waals surface area contributed by atoms with E-state index in [2.05, 4.69) is 28.7 Å². The Morgan fingerprint density at radius 2 is 2.21 bits per heavy atom. The second-order valence-corrected chi connectivity index (χ2v) is 5.58. The predicted molar refractivity (Wildman–Crippen MR) is 74.8 cm³/mol. The molecule has 0 amide bonds. The molecule has 19 heavy (non-hydrogen) atoms. The maximum absolute atomic E-state index is 13.8. The van der Waals surface area contributed by atoms with E-state index in [4.69, 9.17) is 0 Å². The van der Waals surface area contributed by atoms with E-state index in [1.165, 1.54) is 18.9 Å². The van der Waals surface area contributed by atoms with Crippen molar-refractivity contribution in [3.05, 3.63) is 29.8 Å². The highest BCUT2D eigenvalue weighted by Crippen LogP contribution is 2.24. The zero-order chi connectivity index (χ0) is 13.4. The zero-order valence-electron chi connectivity index (χ0n) is 11.5. The lowest BCUT2D eigenvalue weighted by molar-refractivity contribution is 0.568. The minimum atomic E-state index is -0.228. The summed E-state index contributed by atoms with van der Waals surface area (Å²) in [6, 6.07) is 6.18. The molecule has 1 aromatic carbocycles. The third kappa shape index (κ3) is 2.50. The molecule has 4 heteroatoms. The SMILES string of the molecule is CC(C)n1c(CCNC2CC2)nc2c(F)cccc21. The molecule has 2 aromatic rings. The van der Waals surface area contributed by atoms with Gasteiger partial charge in [0.25, 0.3) is 0 Å². The van der Waals surface area contributed by atoms with Crippen LogP contribution in [0.3, 0.4) is 0 Å². The molecule has 0 bridgehead atoms. The molecule has 0 radical (unpaired) electrons. The predicted octanol–water partition coefficient (Wildman–Crippen LogP) is 3.05. The molecule has 3 rings (SSSR count). The molecule has 1 N–H and O–H groups in total. The van der Waals surface area contributed by atoms with Crippen LogP contribution in [0.25, 0.3) is 11.0 Å². The van der Waals surface area contributed by atoms with Gasteiger partial charge in [-0.05, 0) is 38.8 Å². The second kappa shape index (κ2) is 4.93. The summed E-state index contributed by atoms with van der Waals surface area (Å²) in [7, 11) is 0. The van der Waals surface area contributed by atoms with Crippen LogP contribution >= 0.6 is 0 Å². The fourth-order valence-corrected chi connectivity index (χ4v) is 2.56. The maximum Gasteiger partial charge on any atom is 0.151 e. The first-order chi connectivity index (χ1) is 9.16. The maximum atomic E-state index is 13.8. The van der Waals surface area contributed by atoms with E-state index in [-0.39, 0.29) is 5.82 Å². The number of nitrogens with one attached hydrogen (secondary N) is 1. The Bertz CT molecular complexity index is 584. The number of aromatic nitrogens is 2. The molecular formula is C15H20FN3. The van der Waals surface area contributed by atoms with Crippen LogP contribution in [-0.2, 0) is 6.42 Å². The molecule has 1 aliphatic rings. The Labute approximate surface area is 112 Å². The first kappa shape index (κ1) is 12.6. The molecule has 1 fully saturated rings. The number of hydrogen-bond acceptors (Lipinski definition) is 2. The minimum Gasteiger partial charge on any atom is -0.325 e. The largest absolute Gasteiger partial charge is 0.325 e. The highest BCUT2D eigenvalue weighted by molar-refractivity contribution is 5.76. The number of halogens is 1. The number of nitrogens with zero attached hydrogens (tertiary/aromatic N) is 2. The molecule has 0 spiro atoms. The number of benzene rings is 1. The summed E-state index contributed by atoms with van der Waals surface area (Å²) >= 11 is 0. The highest BCUT2D eigenvalue weighted by atomic mass is 19.1. The van der Waals surface area contributed by atoms with Gasteiger partial charge in [-0.2, -0.15) is 0 Å². The Kier molecular flexibility index (Phi) is 3.27. The first-order valence-corrected chi connectivity index (χ1v) is 7.05. The van der Waals surface area contributed by atoms with Crippen molar-refractivity contribution in [2.45, 2.75) is 45.2 Å². The van der Waals surface area contributed by atoms with Crippen molar-refractivity contribution in [2.75, 3.05) is 6.54 Å². The summed E-state index contributed by atoms with van der Waals surface area (Å²) in [5, 5.41) is 3.48. The average molecular weight is 261 g/mol. The summed E-state index contributed by atoms with van der Waals surface area (Å²) in [5.74, 6) is 0.747. The van der Waals surface area contributed by atoms with Gasteiger partial charge >= 0.3 is 0 Å². The summed E-state index contributed by atoms with van der Waals surface area (Å²) in [4.78, 5) is 4.50. The summed E-state index contributed by atoms with van der Waals surface area (Å²) < 4.78 is 16.0. The third-order valence-electron chi connectivity index (χ3n) is 3.62. The second-order valence-electron chi connectivity index (χ2n) is 5.58. The lowest BCUT2D eigenvalue weighted by Crippen LogP contribution is -2.21. The quantitative estimate of drug-likeness (QED) is 0.896. The molecule has 1 aliphatic carbocycles. The van der Waals surface area contributed by atoms with Gasteiger partial charge in [0.05, 0.1) is 5.52 Å². The van der Waals surface area contributed by atoms with Gasteiger partial charge < -0.3 is 9.88 Å². The van der Waals surface area contributed by atoms with E-state index in [0.717, 1.165) is 24.3 Å². The number of para-hydroxylation sites is 1. The van der Waals surface area contributed by atoms with Crippen molar-refractivity contribution in [3.8, 4) is 0 Å². The van der Waals surface area contributed by atoms with Crippen LogP contribution in [0, 0.1) is 5.82 Å². The molecule has 3 nitrogen and oxygen atoms in total. The molecule has 0 saturated heterocycles. The van der Waals surface area contributed by atoms with Crippen molar-refractivity contribution >= 4 is 11.0 Å². The van der Waals surface area contributed by atoms with Crippen molar-refractivity contribution in [1.82, 2.24) is 14.9 Å². The topological polar surface area (TPSA) is 29.9 Å². The lowest BCUT2D eigenvalue weighted by Gasteiger charge is -2.13. The van der Waals surface area contributed by atoms with Crippen LogP contribution in [0.15, 0.2) is 18.2 Å². The summed E-state index contributed by atoms with van der Waals surface area (Å²) in [5.41, 5.74) is 1.40. The molecular weight excluding hydrogens is 241 g/mol. The van der Waals surface area contributed by atoms with Gasteiger partial charge in [-0.25, -0.2) is 9.37 Å². The first-order valence-electron chi connectivity index (χ1n) is 7.05. The normalized spacial score (nSPS) is 15.6. The van der Waals surface area contributed by atoms with Crippen molar-refractivity contribution in [3.63, 3.8) is 0 Å². The van der Waals surface area contributed by atoms with Crippen LogP contribution in [0.4, 0.5) is 4.39 Å². The van der Waals surface area contributed by atoms with Crippen molar-refractivity contribution in [2.24, 2.45) is 0 Å². The van der Waals surface area contributed by atoms with E-state index in [1.807, 2.05) is 6.07 Å². The summed E-state index contributed by atoms with van der Waals surface area (Å²) in [6.07, 6.45) is 3.42.